The lowest BCUT2D eigenvalue weighted by Gasteiger charge is -2.26. The second-order valence-corrected chi connectivity index (χ2v) is 6.89. The maximum absolute atomic E-state index is 12.2. The zero-order valence-electron chi connectivity index (χ0n) is 14.6. The summed E-state index contributed by atoms with van der Waals surface area (Å²) in [7, 11) is 0. The van der Waals surface area contributed by atoms with Gasteiger partial charge in [-0.25, -0.2) is 0 Å². The van der Waals surface area contributed by atoms with Gasteiger partial charge >= 0.3 is 5.97 Å². The number of hydrogen-bond acceptors (Lipinski definition) is 4. The first-order chi connectivity index (χ1) is 9.80. The Labute approximate surface area is 130 Å². The number of nitrogens with one attached hydrogen (secondary N) is 1. The van der Waals surface area contributed by atoms with E-state index in [1.807, 2.05) is 27.7 Å². The highest BCUT2D eigenvalue weighted by Gasteiger charge is 2.25. The van der Waals surface area contributed by atoms with E-state index < -0.39 is 5.60 Å². The number of carbonyl (C=O) groups excluding carboxylic acids is 1. The molecule has 0 radical (unpaired) electrons. The van der Waals surface area contributed by atoms with Gasteiger partial charge in [-0.05, 0) is 34.1 Å². The summed E-state index contributed by atoms with van der Waals surface area (Å²) >= 11 is 0. The smallest absolute Gasteiger partial charge is 0.323 e. The second kappa shape index (κ2) is 11.0. The summed E-state index contributed by atoms with van der Waals surface area (Å²) in [5.74, 6) is -0.212. The van der Waals surface area contributed by atoms with Crippen LogP contribution in [0, 0.1) is 0 Å². The van der Waals surface area contributed by atoms with E-state index in [2.05, 4.69) is 12.2 Å². The van der Waals surface area contributed by atoms with Crippen molar-refractivity contribution in [1.29, 1.82) is 0 Å². The van der Waals surface area contributed by atoms with Crippen LogP contribution >= 0.6 is 0 Å². The van der Waals surface area contributed by atoms with E-state index in [4.69, 9.17) is 9.84 Å². The van der Waals surface area contributed by atoms with Gasteiger partial charge in [0.15, 0.2) is 0 Å². The van der Waals surface area contributed by atoms with E-state index >= 15 is 0 Å². The molecule has 1 unspecified atom stereocenters. The molecule has 0 fully saturated rings. The third kappa shape index (κ3) is 11.7. The number of aliphatic hydroxyl groups is 1. The van der Waals surface area contributed by atoms with Crippen LogP contribution in [0.4, 0.5) is 0 Å². The maximum Gasteiger partial charge on any atom is 0.323 e. The van der Waals surface area contributed by atoms with Gasteiger partial charge in [0.1, 0.15) is 11.6 Å². The van der Waals surface area contributed by atoms with E-state index in [9.17, 15) is 4.79 Å². The van der Waals surface area contributed by atoms with Gasteiger partial charge in [-0.1, -0.05) is 45.4 Å². The SMILES string of the molecule is CCCCCCCC[C@H](NC(C)CO)C(=O)OC(C)(C)C. The molecular weight excluding hydrogens is 266 g/mol. The number of aliphatic hydroxyl groups excluding tert-OH is 1. The first-order valence-electron chi connectivity index (χ1n) is 8.40. The first-order valence-corrected chi connectivity index (χ1v) is 8.40. The molecule has 0 amide bonds. The lowest BCUT2D eigenvalue weighted by molar-refractivity contribution is -0.158. The van der Waals surface area contributed by atoms with Gasteiger partial charge < -0.3 is 9.84 Å². The molecule has 0 aromatic carbocycles. The molecule has 4 heteroatoms. The van der Waals surface area contributed by atoms with E-state index in [-0.39, 0.29) is 24.7 Å². The third-order valence-corrected chi connectivity index (χ3v) is 3.30. The lowest BCUT2D eigenvalue weighted by atomic mass is 10.0. The van der Waals surface area contributed by atoms with Crippen molar-refractivity contribution in [3.05, 3.63) is 0 Å². The number of rotatable bonds is 11. The molecule has 0 saturated heterocycles. The van der Waals surface area contributed by atoms with Crippen LogP contribution in [0.15, 0.2) is 0 Å². The van der Waals surface area contributed by atoms with Crippen LogP contribution in [-0.4, -0.2) is 35.4 Å². The van der Waals surface area contributed by atoms with Gasteiger partial charge in [0, 0.05) is 6.04 Å². The summed E-state index contributed by atoms with van der Waals surface area (Å²) in [6, 6.07) is -0.417. The third-order valence-electron chi connectivity index (χ3n) is 3.30. The van der Waals surface area contributed by atoms with Crippen molar-refractivity contribution < 1.29 is 14.6 Å². The molecule has 0 aliphatic rings. The van der Waals surface area contributed by atoms with Gasteiger partial charge in [0.2, 0.25) is 0 Å². The van der Waals surface area contributed by atoms with Crippen molar-refractivity contribution in [2.45, 2.75) is 97.2 Å². The van der Waals surface area contributed by atoms with E-state index in [0.717, 1.165) is 19.3 Å². The topological polar surface area (TPSA) is 58.6 Å². The Bertz CT molecular complexity index is 274. The highest BCUT2D eigenvalue weighted by molar-refractivity contribution is 5.76. The fourth-order valence-electron chi connectivity index (χ4n) is 2.17. The average molecular weight is 301 g/mol. The molecule has 4 nitrogen and oxygen atoms in total. The highest BCUT2D eigenvalue weighted by atomic mass is 16.6. The molecule has 0 rings (SSSR count). The fourth-order valence-corrected chi connectivity index (χ4v) is 2.17. The van der Waals surface area contributed by atoms with E-state index in [1.165, 1.54) is 25.7 Å². The van der Waals surface area contributed by atoms with Gasteiger partial charge in [-0.2, -0.15) is 0 Å². The predicted molar refractivity (Wildman–Crippen MR) is 87.3 cm³/mol. The minimum atomic E-state index is -0.472. The van der Waals surface area contributed by atoms with E-state index in [1.54, 1.807) is 0 Å². The standard InChI is InChI=1S/C17H35NO3/c1-6-7-8-9-10-11-12-15(18-14(2)13-19)16(20)21-17(3,4)5/h14-15,18-19H,6-13H2,1-5H3/t14?,15-/m0/s1. The second-order valence-electron chi connectivity index (χ2n) is 6.89. The Kier molecular flexibility index (Phi) is 10.7. The van der Waals surface area contributed by atoms with E-state index in [0.29, 0.717) is 0 Å². The molecule has 0 bridgehead atoms. The Morgan fingerprint density at radius 3 is 2.24 bits per heavy atom. The zero-order chi connectivity index (χ0) is 16.3. The Hall–Kier alpha value is -0.610. The molecule has 0 aromatic rings. The normalized spacial score (nSPS) is 14.8. The first kappa shape index (κ1) is 20.4. The summed E-state index contributed by atoms with van der Waals surface area (Å²) in [6.45, 7) is 9.74. The van der Waals surface area contributed by atoms with Crippen LogP contribution in [-0.2, 0) is 9.53 Å². The summed E-state index contributed by atoms with van der Waals surface area (Å²) < 4.78 is 5.46. The van der Waals surface area contributed by atoms with Crippen LogP contribution in [0.5, 0.6) is 0 Å². The van der Waals surface area contributed by atoms with Crippen LogP contribution in [0.3, 0.4) is 0 Å². The van der Waals surface area contributed by atoms with Crippen molar-refractivity contribution in [3.63, 3.8) is 0 Å². The number of ether oxygens (including phenoxy) is 1. The van der Waals surface area contributed by atoms with Gasteiger partial charge in [-0.3, -0.25) is 10.1 Å². The van der Waals surface area contributed by atoms with Gasteiger partial charge in [0.05, 0.1) is 6.61 Å². The number of carbonyl (C=O) groups is 1. The van der Waals surface area contributed by atoms with Gasteiger partial charge in [-0.15, -0.1) is 0 Å². The van der Waals surface area contributed by atoms with Crippen LogP contribution in [0.25, 0.3) is 0 Å². The molecule has 0 heterocycles. The molecule has 0 spiro atoms. The molecule has 2 atom stereocenters. The molecule has 21 heavy (non-hydrogen) atoms. The summed E-state index contributed by atoms with van der Waals surface area (Å²) in [6.07, 6.45) is 7.96. The average Bonchev–Trinajstić information content (AvgIpc) is 2.39. The molecule has 0 aliphatic heterocycles. The molecule has 0 saturated carbocycles. The Balaban J connectivity index is 4.23. The quantitative estimate of drug-likeness (QED) is 0.453. The monoisotopic (exact) mass is 301 g/mol. The number of unbranched alkanes of at least 4 members (excludes halogenated alkanes) is 5. The largest absolute Gasteiger partial charge is 0.459 e. The highest BCUT2D eigenvalue weighted by Crippen LogP contribution is 2.13. The predicted octanol–water partition coefficient (Wildman–Crippen LogP) is 3.42. The fraction of sp³-hybridized carbons (Fsp3) is 0.941. The summed E-state index contributed by atoms with van der Waals surface area (Å²) in [5, 5.41) is 12.3. The Morgan fingerprint density at radius 1 is 1.14 bits per heavy atom. The molecule has 0 aromatic heterocycles. The summed E-state index contributed by atoms with van der Waals surface area (Å²) in [4.78, 5) is 12.2. The maximum atomic E-state index is 12.2. The molecular formula is C17H35NO3. The zero-order valence-corrected chi connectivity index (χ0v) is 14.6. The van der Waals surface area contributed by atoms with Crippen molar-refractivity contribution in [3.8, 4) is 0 Å². The van der Waals surface area contributed by atoms with Crippen LogP contribution in [0.1, 0.15) is 79.6 Å². The number of hydrogen-bond donors (Lipinski definition) is 2. The molecule has 126 valence electrons. The minimum absolute atomic E-state index is 0.0236. The Morgan fingerprint density at radius 2 is 1.71 bits per heavy atom. The summed E-state index contributed by atoms with van der Waals surface area (Å²) in [5.41, 5.74) is -0.472. The lowest BCUT2D eigenvalue weighted by Crippen LogP contribution is -2.46. The van der Waals surface area contributed by atoms with Crippen molar-refractivity contribution in [2.75, 3.05) is 6.61 Å². The molecule has 0 aliphatic carbocycles. The minimum Gasteiger partial charge on any atom is -0.459 e. The van der Waals surface area contributed by atoms with Crippen LogP contribution in [0.2, 0.25) is 0 Å². The van der Waals surface area contributed by atoms with Crippen LogP contribution < -0.4 is 5.32 Å². The van der Waals surface area contributed by atoms with Crippen molar-refractivity contribution >= 4 is 5.97 Å². The number of esters is 1. The van der Waals surface area contributed by atoms with Crippen molar-refractivity contribution in [1.82, 2.24) is 5.32 Å². The van der Waals surface area contributed by atoms with Crippen molar-refractivity contribution in [2.24, 2.45) is 0 Å². The van der Waals surface area contributed by atoms with Gasteiger partial charge in [0.25, 0.3) is 0 Å². The molecule has 2 N–H and O–H groups in total.